The van der Waals surface area contributed by atoms with Crippen LogP contribution in [-0.4, -0.2) is 36.0 Å². The maximum Gasteiger partial charge on any atom is 0.304 e. The van der Waals surface area contributed by atoms with Crippen molar-refractivity contribution in [3.8, 4) is 0 Å². The Labute approximate surface area is 196 Å². The van der Waals surface area contributed by atoms with E-state index in [0.717, 1.165) is 35.2 Å². The van der Waals surface area contributed by atoms with Crippen molar-refractivity contribution in [1.29, 1.82) is 0 Å². The van der Waals surface area contributed by atoms with Crippen LogP contribution in [0.3, 0.4) is 0 Å². The number of thioether (sulfide) groups is 1. The van der Waals surface area contributed by atoms with Crippen LogP contribution in [0.25, 0.3) is 0 Å². The molecule has 0 saturated carbocycles. The highest BCUT2D eigenvalue weighted by molar-refractivity contribution is 7.99. The molecular weight excluding hydrogens is 436 g/mol. The molecule has 3 aromatic rings. The Bertz CT molecular complexity index is 1150. The number of aliphatic imine (C=N–C) groups is 1. The number of carboxylic acid groups (broad SMARTS) is 1. The molecule has 0 spiro atoms. The third-order valence-corrected chi connectivity index (χ3v) is 6.35. The summed E-state index contributed by atoms with van der Waals surface area (Å²) in [4.78, 5) is 29.4. The summed E-state index contributed by atoms with van der Waals surface area (Å²) in [7, 11) is 0. The third kappa shape index (κ3) is 6.14. The standard InChI is InChI=1S/C25H24N4O3S/c30-23(31)16-22(17-6-2-1-3-7-17)33-21-9-5-4-8-20(21)29-24(32)18-10-12-19(13-11-18)28-25-26-14-15-27-25/h1-13,22H,14-16H2,(H,29,32)(H,30,31)(H2,26,27,28). The van der Waals surface area contributed by atoms with Crippen LogP contribution >= 0.6 is 11.8 Å². The van der Waals surface area contributed by atoms with Crippen LogP contribution in [0.4, 0.5) is 11.4 Å². The molecule has 0 fully saturated rings. The van der Waals surface area contributed by atoms with Crippen molar-refractivity contribution < 1.29 is 14.7 Å². The predicted octanol–water partition coefficient (Wildman–Crippen LogP) is 4.62. The van der Waals surface area contributed by atoms with Gasteiger partial charge in [-0.3, -0.25) is 14.6 Å². The normalized spacial score (nSPS) is 13.5. The first-order valence-corrected chi connectivity index (χ1v) is 11.5. The van der Waals surface area contributed by atoms with Gasteiger partial charge in [-0.05, 0) is 42.0 Å². The fourth-order valence-electron chi connectivity index (χ4n) is 3.40. The fraction of sp³-hybridized carbons (Fsp3) is 0.160. The number of carbonyl (C=O) groups is 2. The number of hydrogen-bond donors (Lipinski definition) is 4. The molecule has 8 heteroatoms. The Balaban J connectivity index is 1.47. The quantitative estimate of drug-likeness (QED) is 0.366. The van der Waals surface area contributed by atoms with Crippen molar-refractivity contribution >= 4 is 41.0 Å². The number of benzene rings is 3. The number of hydrogen-bond acceptors (Lipinski definition) is 6. The van der Waals surface area contributed by atoms with Crippen LogP contribution in [0, 0.1) is 0 Å². The highest BCUT2D eigenvalue weighted by atomic mass is 32.2. The molecule has 4 N–H and O–H groups in total. The van der Waals surface area contributed by atoms with Crippen LogP contribution in [-0.2, 0) is 4.79 Å². The molecule has 0 aromatic heterocycles. The molecule has 1 heterocycles. The molecule has 7 nitrogen and oxygen atoms in total. The number of nitrogens with one attached hydrogen (secondary N) is 3. The summed E-state index contributed by atoms with van der Waals surface area (Å²) in [5, 5.41) is 18.4. The number of aliphatic carboxylic acids is 1. The zero-order valence-electron chi connectivity index (χ0n) is 17.8. The molecule has 1 aliphatic rings. The first kappa shape index (κ1) is 22.4. The Hall–Kier alpha value is -3.78. The zero-order chi connectivity index (χ0) is 23.0. The number of anilines is 2. The van der Waals surface area contributed by atoms with Gasteiger partial charge in [0.25, 0.3) is 5.91 Å². The second-order valence-electron chi connectivity index (χ2n) is 7.42. The van der Waals surface area contributed by atoms with E-state index in [2.05, 4.69) is 20.9 Å². The van der Waals surface area contributed by atoms with E-state index in [1.54, 1.807) is 12.1 Å². The Morgan fingerprint density at radius 1 is 1.00 bits per heavy atom. The maximum atomic E-state index is 12.9. The minimum atomic E-state index is -0.870. The third-order valence-electron chi connectivity index (χ3n) is 5.02. The number of nitrogens with zero attached hydrogens (tertiary/aromatic N) is 1. The highest BCUT2D eigenvalue weighted by Gasteiger charge is 2.19. The van der Waals surface area contributed by atoms with Crippen LogP contribution in [0.15, 0.2) is 88.8 Å². The van der Waals surface area contributed by atoms with Crippen molar-refractivity contribution in [3.63, 3.8) is 0 Å². The summed E-state index contributed by atoms with van der Waals surface area (Å²) >= 11 is 1.43. The zero-order valence-corrected chi connectivity index (χ0v) is 18.6. The summed E-state index contributed by atoms with van der Waals surface area (Å²) in [6, 6.07) is 24.1. The minimum Gasteiger partial charge on any atom is -0.481 e. The van der Waals surface area contributed by atoms with Gasteiger partial charge in [0.2, 0.25) is 0 Å². The van der Waals surface area contributed by atoms with E-state index < -0.39 is 5.97 Å². The van der Waals surface area contributed by atoms with Gasteiger partial charge in [-0.2, -0.15) is 0 Å². The van der Waals surface area contributed by atoms with Gasteiger partial charge in [0.05, 0.1) is 18.7 Å². The van der Waals surface area contributed by atoms with E-state index in [-0.39, 0.29) is 17.6 Å². The van der Waals surface area contributed by atoms with Gasteiger partial charge in [0.1, 0.15) is 0 Å². The van der Waals surface area contributed by atoms with Crippen molar-refractivity contribution in [2.45, 2.75) is 16.6 Å². The second kappa shape index (κ2) is 10.7. The van der Waals surface area contributed by atoms with Gasteiger partial charge in [-0.15, -0.1) is 11.8 Å². The van der Waals surface area contributed by atoms with E-state index >= 15 is 0 Å². The van der Waals surface area contributed by atoms with Gasteiger partial charge in [0.15, 0.2) is 5.96 Å². The summed E-state index contributed by atoms with van der Waals surface area (Å²) in [5.74, 6) is -0.377. The number of carbonyl (C=O) groups excluding carboxylic acids is 1. The molecule has 1 atom stereocenters. The summed E-state index contributed by atoms with van der Waals surface area (Å²) in [6.07, 6.45) is -0.0223. The van der Waals surface area contributed by atoms with E-state index in [1.807, 2.05) is 66.7 Å². The largest absolute Gasteiger partial charge is 0.481 e. The topological polar surface area (TPSA) is 103 Å². The van der Waals surface area contributed by atoms with Crippen LogP contribution < -0.4 is 16.0 Å². The van der Waals surface area contributed by atoms with Crippen molar-refractivity contribution in [3.05, 3.63) is 90.0 Å². The minimum absolute atomic E-state index is 0.0223. The molecule has 3 aromatic carbocycles. The predicted molar refractivity (Wildman–Crippen MR) is 132 cm³/mol. The molecule has 1 unspecified atom stereocenters. The molecule has 168 valence electrons. The van der Waals surface area contributed by atoms with Gasteiger partial charge in [-0.25, -0.2) is 0 Å². The summed E-state index contributed by atoms with van der Waals surface area (Å²) < 4.78 is 0. The molecule has 0 bridgehead atoms. The van der Waals surface area contributed by atoms with Gasteiger partial charge in [0, 0.05) is 27.9 Å². The van der Waals surface area contributed by atoms with E-state index in [1.165, 1.54) is 11.8 Å². The number of amides is 1. The van der Waals surface area contributed by atoms with Crippen molar-refractivity contribution in [2.24, 2.45) is 4.99 Å². The van der Waals surface area contributed by atoms with Crippen molar-refractivity contribution in [1.82, 2.24) is 5.32 Å². The van der Waals surface area contributed by atoms with Crippen LogP contribution in [0.2, 0.25) is 0 Å². The van der Waals surface area contributed by atoms with Crippen molar-refractivity contribution in [2.75, 3.05) is 23.7 Å². The van der Waals surface area contributed by atoms with Gasteiger partial charge >= 0.3 is 5.97 Å². The Morgan fingerprint density at radius 3 is 2.42 bits per heavy atom. The molecule has 4 rings (SSSR count). The first-order valence-electron chi connectivity index (χ1n) is 10.6. The summed E-state index contributed by atoms with van der Waals surface area (Å²) in [5.41, 5.74) is 2.93. The number of rotatable bonds is 8. The lowest BCUT2D eigenvalue weighted by Crippen LogP contribution is -2.26. The number of carboxylic acids is 1. The average molecular weight is 461 g/mol. The number of guanidine groups is 1. The van der Waals surface area contributed by atoms with Gasteiger partial charge in [-0.1, -0.05) is 42.5 Å². The lowest BCUT2D eigenvalue weighted by Gasteiger charge is -2.18. The maximum absolute atomic E-state index is 12.9. The molecule has 0 saturated heterocycles. The smallest absolute Gasteiger partial charge is 0.304 e. The van der Waals surface area contributed by atoms with Crippen LogP contribution in [0.5, 0.6) is 0 Å². The SMILES string of the molecule is O=C(O)CC(Sc1ccccc1NC(=O)c1ccc(NC2=NCCN2)cc1)c1ccccc1. The lowest BCUT2D eigenvalue weighted by atomic mass is 10.1. The second-order valence-corrected chi connectivity index (χ2v) is 8.67. The number of para-hydroxylation sites is 1. The van der Waals surface area contributed by atoms with E-state index in [0.29, 0.717) is 11.3 Å². The molecule has 33 heavy (non-hydrogen) atoms. The summed E-state index contributed by atoms with van der Waals surface area (Å²) in [6.45, 7) is 1.57. The lowest BCUT2D eigenvalue weighted by molar-refractivity contribution is -0.137. The first-order chi connectivity index (χ1) is 16.1. The van der Waals surface area contributed by atoms with Gasteiger partial charge < -0.3 is 21.1 Å². The Kier molecular flexibility index (Phi) is 7.26. The molecule has 0 aliphatic carbocycles. The fourth-order valence-corrected chi connectivity index (χ4v) is 4.63. The molecule has 0 radical (unpaired) electrons. The average Bonchev–Trinajstić information content (AvgIpc) is 3.34. The molecular formula is C25H24N4O3S. The monoisotopic (exact) mass is 460 g/mol. The van der Waals surface area contributed by atoms with E-state index in [4.69, 9.17) is 0 Å². The Morgan fingerprint density at radius 2 is 1.73 bits per heavy atom. The molecule has 1 amide bonds. The highest BCUT2D eigenvalue weighted by Crippen LogP contribution is 2.41. The van der Waals surface area contributed by atoms with Crippen LogP contribution in [0.1, 0.15) is 27.6 Å². The van der Waals surface area contributed by atoms with E-state index in [9.17, 15) is 14.7 Å². The molecule has 1 aliphatic heterocycles.